The first-order chi connectivity index (χ1) is 11.2. The van der Waals surface area contributed by atoms with Gasteiger partial charge in [0.05, 0.1) is 6.10 Å². The molecule has 0 spiro atoms. The molecule has 2 atom stereocenters. The summed E-state index contributed by atoms with van der Waals surface area (Å²) in [6.45, 7) is 7.35. The Morgan fingerprint density at radius 2 is 1.75 bits per heavy atom. The SMILES string of the molecule is CCO[C@@H]1C[C@](NC(=O)c2ccc(C(C)=O)cc2)(C(=O)O)C1(C)C. The van der Waals surface area contributed by atoms with E-state index in [0.29, 0.717) is 17.7 Å². The third kappa shape index (κ3) is 2.82. The molecular weight excluding hydrogens is 310 g/mol. The van der Waals surface area contributed by atoms with Gasteiger partial charge in [0, 0.05) is 29.6 Å². The molecular formula is C18H23NO5. The smallest absolute Gasteiger partial charge is 0.330 e. The lowest BCUT2D eigenvalue weighted by atomic mass is 9.54. The second-order valence-electron chi connectivity index (χ2n) is 6.67. The van der Waals surface area contributed by atoms with Gasteiger partial charge in [-0.15, -0.1) is 0 Å². The number of nitrogens with one attached hydrogen (secondary N) is 1. The van der Waals surface area contributed by atoms with Gasteiger partial charge in [0.25, 0.3) is 5.91 Å². The van der Waals surface area contributed by atoms with Crippen molar-refractivity contribution in [2.75, 3.05) is 6.61 Å². The summed E-state index contributed by atoms with van der Waals surface area (Å²) < 4.78 is 5.58. The third-order valence-electron chi connectivity index (χ3n) is 5.01. The summed E-state index contributed by atoms with van der Waals surface area (Å²) in [5, 5.41) is 12.4. The zero-order chi connectivity index (χ0) is 18.1. The number of Topliss-reactive ketones (excluding diaryl/α,β-unsaturated/α-hetero) is 1. The molecule has 6 heteroatoms. The fourth-order valence-electron chi connectivity index (χ4n) is 3.16. The Bertz CT molecular complexity index is 664. The number of amides is 1. The number of ketones is 1. The second-order valence-corrected chi connectivity index (χ2v) is 6.67. The van der Waals surface area contributed by atoms with Crippen LogP contribution in [-0.4, -0.2) is 41.0 Å². The molecule has 0 aromatic heterocycles. The van der Waals surface area contributed by atoms with Crippen molar-refractivity contribution >= 4 is 17.7 Å². The van der Waals surface area contributed by atoms with Gasteiger partial charge in [-0.1, -0.05) is 26.0 Å². The summed E-state index contributed by atoms with van der Waals surface area (Å²) in [5.74, 6) is -1.64. The van der Waals surface area contributed by atoms with E-state index in [-0.39, 0.29) is 18.3 Å². The highest BCUT2D eigenvalue weighted by atomic mass is 16.5. The Labute approximate surface area is 141 Å². The van der Waals surface area contributed by atoms with Crippen LogP contribution in [0.25, 0.3) is 0 Å². The van der Waals surface area contributed by atoms with E-state index in [2.05, 4.69) is 5.32 Å². The van der Waals surface area contributed by atoms with Gasteiger partial charge in [-0.2, -0.15) is 0 Å². The van der Waals surface area contributed by atoms with Crippen LogP contribution in [-0.2, 0) is 9.53 Å². The molecule has 1 aliphatic carbocycles. The number of benzene rings is 1. The van der Waals surface area contributed by atoms with Crippen LogP contribution >= 0.6 is 0 Å². The van der Waals surface area contributed by atoms with Crippen molar-refractivity contribution in [1.29, 1.82) is 0 Å². The molecule has 1 aromatic carbocycles. The molecule has 1 aromatic rings. The number of carbonyl (C=O) groups excluding carboxylic acids is 2. The first kappa shape index (κ1) is 18.1. The van der Waals surface area contributed by atoms with Gasteiger partial charge in [-0.05, 0) is 26.0 Å². The first-order valence-electron chi connectivity index (χ1n) is 7.94. The number of rotatable bonds is 6. The highest BCUT2D eigenvalue weighted by Crippen LogP contribution is 2.51. The van der Waals surface area contributed by atoms with Gasteiger partial charge >= 0.3 is 5.97 Å². The van der Waals surface area contributed by atoms with Crippen LogP contribution in [0.15, 0.2) is 24.3 Å². The number of hydrogen-bond acceptors (Lipinski definition) is 4. The van der Waals surface area contributed by atoms with Crippen LogP contribution in [0.5, 0.6) is 0 Å². The summed E-state index contributed by atoms with van der Waals surface area (Å²) in [4.78, 5) is 35.6. The molecule has 130 valence electrons. The summed E-state index contributed by atoms with van der Waals surface area (Å²) in [6.07, 6.45) is -0.000497. The monoisotopic (exact) mass is 333 g/mol. The lowest BCUT2D eigenvalue weighted by Crippen LogP contribution is -2.76. The Hall–Kier alpha value is -2.21. The zero-order valence-electron chi connectivity index (χ0n) is 14.4. The fraction of sp³-hybridized carbons (Fsp3) is 0.500. The lowest BCUT2D eigenvalue weighted by molar-refractivity contribution is -0.190. The molecule has 6 nitrogen and oxygen atoms in total. The van der Waals surface area contributed by atoms with Crippen LogP contribution in [0.1, 0.15) is 54.8 Å². The molecule has 0 bridgehead atoms. The number of hydrogen-bond donors (Lipinski definition) is 2. The van der Waals surface area contributed by atoms with Gasteiger partial charge in [0.15, 0.2) is 5.78 Å². The van der Waals surface area contributed by atoms with Crippen LogP contribution in [0, 0.1) is 5.41 Å². The molecule has 1 saturated carbocycles. The Morgan fingerprint density at radius 1 is 1.21 bits per heavy atom. The van der Waals surface area contributed by atoms with E-state index in [9.17, 15) is 19.5 Å². The Balaban J connectivity index is 2.21. The topological polar surface area (TPSA) is 92.7 Å². The van der Waals surface area contributed by atoms with Crippen molar-refractivity contribution in [2.45, 2.75) is 45.8 Å². The van der Waals surface area contributed by atoms with Crippen molar-refractivity contribution in [3.8, 4) is 0 Å². The number of carbonyl (C=O) groups is 3. The number of carboxylic acids is 1. The first-order valence-corrected chi connectivity index (χ1v) is 7.94. The van der Waals surface area contributed by atoms with Gasteiger partial charge in [-0.3, -0.25) is 9.59 Å². The van der Waals surface area contributed by atoms with Crippen molar-refractivity contribution < 1.29 is 24.2 Å². The molecule has 2 rings (SSSR count). The van der Waals surface area contributed by atoms with Crippen LogP contribution in [0.3, 0.4) is 0 Å². The number of aliphatic carboxylic acids is 1. The molecule has 0 radical (unpaired) electrons. The average Bonchev–Trinajstić information content (AvgIpc) is 2.53. The van der Waals surface area contributed by atoms with Crippen LogP contribution in [0.2, 0.25) is 0 Å². The predicted octanol–water partition coefficient (Wildman–Crippen LogP) is 2.28. The average molecular weight is 333 g/mol. The molecule has 2 N–H and O–H groups in total. The van der Waals surface area contributed by atoms with Gasteiger partial charge < -0.3 is 15.2 Å². The molecule has 0 unspecified atom stereocenters. The maximum Gasteiger partial charge on any atom is 0.330 e. The van der Waals surface area contributed by atoms with Crippen LogP contribution in [0.4, 0.5) is 0 Å². The van der Waals surface area contributed by atoms with Gasteiger partial charge in [0.2, 0.25) is 0 Å². The van der Waals surface area contributed by atoms with Crippen molar-refractivity contribution in [3.05, 3.63) is 35.4 Å². The molecule has 0 heterocycles. The normalized spacial score (nSPS) is 24.8. The molecule has 1 amide bonds. The van der Waals surface area contributed by atoms with Crippen molar-refractivity contribution in [3.63, 3.8) is 0 Å². The summed E-state index contributed by atoms with van der Waals surface area (Å²) in [5.41, 5.74) is -1.29. The zero-order valence-corrected chi connectivity index (χ0v) is 14.4. The maximum atomic E-state index is 12.5. The number of carboxylic acid groups (broad SMARTS) is 1. The van der Waals surface area contributed by atoms with E-state index >= 15 is 0 Å². The van der Waals surface area contributed by atoms with Crippen molar-refractivity contribution in [2.24, 2.45) is 5.41 Å². The molecule has 24 heavy (non-hydrogen) atoms. The van der Waals surface area contributed by atoms with E-state index in [0.717, 1.165) is 0 Å². The third-order valence-corrected chi connectivity index (χ3v) is 5.01. The predicted molar refractivity (Wildman–Crippen MR) is 88.1 cm³/mol. The Morgan fingerprint density at radius 3 is 2.17 bits per heavy atom. The minimum atomic E-state index is -1.37. The standard InChI is InChI=1S/C18H23NO5/c1-5-24-14-10-18(16(22)23,17(14,3)4)19-15(21)13-8-6-12(7-9-13)11(2)20/h6-9,14H,5,10H2,1-4H3,(H,19,21)(H,22,23)/t14-,18+/m1/s1. The lowest BCUT2D eigenvalue weighted by Gasteiger charge is -2.58. The van der Waals surface area contributed by atoms with E-state index < -0.39 is 22.8 Å². The van der Waals surface area contributed by atoms with Crippen molar-refractivity contribution in [1.82, 2.24) is 5.32 Å². The Kier molecular flexibility index (Phi) is 4.80. The summed E-state index contributed by atoms with van der Waals surface area (Å²) >= 11 is 0. The minimum Gasteiger partial charge on any atom is -0.479 e. The quantitative estimate of drug-likeness (QED) is 0.779. The maximum absolute atomic E-state index is 12.5. The second kappa shape index (κ2) is 6.36. The molecule has 0 aliphatic heterocycles. The van der Waals surface area contributed by atoms with Gasteiger partial charge in [0.1, 0.15) is 5.54 Å². The molecule has 0 saturated heterocycles. The largest absolute Gasteiger partial charge is 0.479 e. The fourth-order valence-corrected chi connectivity index (χ4v) is 3.16. The highest BCUT2D eigenvalue weighted by Gasteiger charge is 2.66. The molecule has 1 aliphatic rings. The minimum absolute atomic E-state index is 0.0938. The molecule has 1 fully saturated rings. The van der Waals surface area contributed by atoms with E-state index in [1.54, 1.807) is 26.0 Å². The summed E-state index contributed by atoms with van der Waals surface area (Å²) in [6, 6.07) is 6.15. The van der Waals surface area contributed by atoms with E-state index in [4.69, 9.17) is 4.74 Å². The van der Waals surface area contributed by atoms with E-state index in [1.807, 2.05) is 6.92 Å². The summed E-state index contributed by atoms with van der Waals surface area (Å²) in [7, 11) is 0. The van der Waals surface area contributed by atoms with Gasteiger partial charge in [-0.25, -0.2) is 4.79 Å². The van der Waals surface area contributed by atoms with Crippen LogP contribution < -0.4 is 5.32 Å². The van der Waals surface area contributed by atoms with E-state index in [1.165, 1.54) is 19.1 Å². The highest BCUT2D eigenvalue weighted by molar-refractivity contribution is 6.00. The number of ether oxygens (including phenoxy) is 1.